The number of nitrogen functional groups attached to an aromatic ring is 1. The Bertz CT molecular complexity index is 483. The van der Waals surface area contributed by atoms with Crippen LogP contribution in [0.5, 0.6) is 0 Å². The molecule has 0 fully saturated rings. The molecule has 0 amide bonds. The summed E-state index contributed by atoms with van der Waals surface area (Å²) in [6, 6.07) is 15.8. The molecule has 0 aliphatic heterocycles. The lowest BCUT2D eigenvalue weighted by Gasteiger charge is -2.10. The molecule has 3 rings (SSSR count). The quantitative estimate of drug-likeness (QED) is 0.431. The summed E-state index contributed by atoms with van der Waals surface area (Å²) < 4.78 is 0. The zero-order valence-corrected chi connectivity index (χ0v) is 8.27. The minimum Gasteiger partial charge on any atom is -0.398 e. The lowest BCUT2D eigenvalue weighted by molar-refractivity contribution is 1.55. The summed E-state index contributed by atoms with van der Waals surface area (Å²) in [4.78, 5) is 0. The molecular formula is C14H11N. The van der Waals surface area contributed by atoms with Crippen molar-refractivity contribution in [3.63, 3.8) is 0 Å². The summed E-state index contributed by atoms with van der Waals surface area (Å²) in [5.41, 5.74) is 9.77. The van der Waals surface area contributed by atoms with Crippen molar-refractivity contribution in [3.8, 4) is 23.5 Å². The van der Waals surface area contributed by atoms with Crippen LogP contribution in [0.3, 0.4) is 0 Å². The molecule has 0 unspecified atom stereocenters. The van der Waals surface area contributed by atoms with Gasteiger partial charge in [0.05, 0.1) is 0 Å². The van der Waals surface area contributed by atoms with Crippen LogP contribution < -0.4 is 5.73 Å². The van der Waals surface area contributed by atoms with Crippen LogP contribution in [0.25, 0.3) is 11.1 Å². The van der Waals surface area contributed by atoms with Gasteiger partial charge < -0.3 is 5.73 Å². The second-order valence-corrected chi connectivity index (χ2v) is 3.31. The molecule has 0 bridgehead atoms. The Kier molecular flexibility index (Phi) is 2.43. The first kappa shape index (κ1) is 9.36. The van der Waals surface area contributed by atoms with E-state index in [0.29, 0.717) is 5.69 Å². The van der Waals surface area contributed by atoms with E-state index in [1.807, 2.05) is 18.2 Å². The third-order valence-corrected chi connectivity index (χ3v) is 2.33. The number of rotatable bonds is 0. The minimum absolute atomic E-state index is 0.667. The molecule has 1 aromatic rings. The van der Waals surface area contributed by atoms with Crippen LogP contribution in [-0.2, 0) is 0 Å². The second kappa shape index (κ2) is 3.89. The maximum atomic E-state index is 5.49. The monoisotopic (exact) mass is 193 g/mol. The highest BCUT2D eigenvalue weighted by Gasteiger charge is 2.03. The normalized spacial score (nSPS) is 9.53. The lowest BCUT2D eigenvalue weighted by Crippen LogP contribution is -1.87. The molecule has 1 nitrogen and oxygen atoms in total. The second-order valence-electron chi connectivity index (χ2n) is 3.31. The number of nitrogens with two attached hydrogens (primary N) is 1. The topological polar surface area (TPSA) is 26.0 Å². The number of hydrogen-bond donors (Lipinski definition) is 1. The third-order valence-electron chi connectivity index (χ3n) is 2.33. The van der Waals surface area contributed by atoms with E-state index in [9.17, 15) is 0 Å². The van der Waals surface area contributed by atoms with Crippen LogP contribution in [0, 0.1) is 12.3 Å². The van der Waals surface area contributed by atoms with Gasteiger partial charge in [-0.15, -0.1) is 6.42 Å². The van der Waals surface area contributed by atoms with Gasteiger partial charge in [0.2, 0.25) is 0 Å². The molecule has 0 radical (unpaired) electrons. The Morgan fingerprint density at radius 2 is 1.40 bits per heavy atom. The van der Waals surface area contributed by atoms with E-state index in [1.54, 1.807) is 6.07 Å². The van der Waals surface area contributed by atoms with Crippen LogP contribution in [0.1, 0.15) is 5.56 Å². The number of para-hydroxylation sites is 1. The van der Waals surface area contributed by atoms with E-state index in [-0.39, 0.29) is 0 Å². The molecule has 72 valence electrons. The van der Waals surface area contributed by atoms with Gasteiger partial charge in [0.1, 0.15) is 0 Å². The van der Waals surface area contributed by atoms with Gasteiger partial charge in [-0.1, -0.05) is 42.3 Å². The Labute approximate surface area is 89.6 Å². The Morgan fingerprint density at radius 1 is 0.867 bits per heavy atom. The molecule has 15 heavy (non-hydrogen) atoms. The minimum atomic E-state index is 0.667. The van der Waals surface area contributed by atoms with E-state index >= 15 is 0 Å². The summed E-state index contributed by atoms with van der Waals surface area (Å²) in [7, 11) is 0. The van der Waals surface area contributed by atoms with E-state index < -0.39 is 0 Å². The average molecular weight is 193 g/mol. The Hall–Kier alpha value is -2.20. The molecule has 1 heteroatoms. The van der Waals surface area contributed by atoms with E-state index in [1.165, 1.54) is 11.1 Å². The summed E-state index contributed by atoms with van der Waals surface area (Å²) in [5, 5.41) is 0. The van der Waals surface area contributed by atoms with Gasteiger partial charge in [-0.3, -0.25) is 0 Å². The van der Waals surface area contributed by atoms with Crippen LogP contribution in [0.2, 0.25) is 0 Å². The summed E-state index contributed by atoms with van der Waals surface area (Å²) in [5.74, 6) is 2.47. The van der Waals surface area contributed by atoms with Crippen molar-refractivity contribution >= 4 is 5.69 Å². The van der Waals surface area contributed by atoms with Gasteiger partial charge in [-0.25, -0.2) is 0 Å². The maximum absolute atomic E-state index is 5.49. The lowest BCUT2D eigenvalue weighted by atomic mass is 9.95. The summed E-state index contributed by atoms with van der Waals surface area (Å²) >= 11 is 0. The number of fused-ring (bicyclic) bond motifs is 1. The van der Waals surface area contributed by atoms with Crippen molar-refractivity contribution < 1.29 is 0 Å². The average Bonchev–Trinajstić information content (AvgIpc) is 2.25. The molecule has 1 aromatic carbocycles. The molecule has 0 heterocycles. The number of anilines is 1. The number of benzene rings is 2. The largest absolute Gasteiger partial charge is 0.398 e. The van der Waals surface area contributed by atoms with Gasteiger partial charge in [0.25, 0.3) is 0 Å². The first-order valence-electron chi connectivity index (χ1n) is 4.73. The fourth-order valence-corrected chi connectivity index (χ4v) is 1.29. The van der Waals surface area contributed by atoms with Gasteiger partial charge in [-0.05, 0) is 23.3 Å². The van der Waals surface area contributed by atoms with Crippen molar-refractivity contribution in [2.24, 2.45) is 0 Å². The van der Waals surface area contributed by atoms with E-state index in [0.717, 1.165) is 5.56 Å². The molecule has 0 atom stereocenters. The van der Waals surface area contributed by atoms with Crippen LogP contribution in [0.4, 0.5) is 5.69 Å². The van der Waals surface area contributed by atoms with Gasteiger partial charge in [0.15, 0.2) is 0 Å². The zero-order chi connectivity index (χ0) is 10.7. The van der Waals surface area contributed by atoms with Crippen molar-refractivity contribution in [2.75, 3.05) is 5.73 Å². The molecule has 2 N–H and O–H groups in total. The predicted octanol–water partition coefficient (Wildman–Crippen LogP) is 2.92. The van der Waals surface area contributed by atoms with Crippen molar-refractivity contribution in [1.29, 1.82) is 0 Å². The third kappa shape index (κ3) is 1.84. The molecule has 0 saturated heterocycles. The van der Waals surface area contributed by atoms with Crippen LogP contribution in [-0.4, -0.2) is 0 Å². The maximum Gasteiger partial charge on any atom is 0.0473 e. The summed E-state index contributed by atoms with van der Waals surface area (Å²) in [6.45, 7) is 0. The molecule has 0 spiro atoms. The molecular weight excluding hydrogens is 182 g/mol. The molecule has 0 saturated carbocycles. The first-order valence-corrected chi connectivity index (χ1v) is 4.73. The fourth-order valence-electron chi connectivity index (χ4n) is 1.29. The van der Waals surface area contributed by atoms with Crippen LogP contribution >= 0.6 is 0 Å². The standard InChI is InChI=1S/C8H7N.C6H4/c1-2-7-5-3-4-6-8(7)9;1-2-6-4-3-5(1)6/h1,3-6H,9H2;1-4H. The van der Waals surface area contributed by atoms with E-state index in [4.69, 9.17) is 12.2 Å². The Morgan fingerprint density at radius 3 is 1.67 bits per heavy atom. The van der Waals surface area contributed by atoms with Gasteiger partial charge in [-0.2, -0.15) is 0 Å². The SMILES string of the molecule is C#Cc1ccccc1N.c1cc2ccc1-2. The van der Waals surface area contributed by atoms with E-state index in [2.05, 4.69) is 30.2 Å². The van der Waals surface area contributed by atoms with Crippen molar-refractivity contribution in [1.82, 2.24) is 0 Å². The predicted molar refractivity (Wildman–Crippen MR) is 64.2 cm³/mol. The highest BCUT2D eigenvalue weighted by atomic mass is 14.5. The highest BCUT2D eigenvalue weighted by molar-refractivity contribution is 5.75. The highest BCUT2D eigenvalue weighted by Crippen LogP contribution is 2.29. The zero-order valence-electron chi connectivity index (χ0n) is 8.27. The number of hydrogen-bond acceptors (Lipinski definition) is 1. The summed E-state index contributed by atoms with van der Waals surface area (Å²) in [6.07, 6.45) is 5.12. The van der Waals surface area contributed by atoms with Crippen molar-refractivity contribution in [3.05, 3.63) is 54.1 Å². The first-order chi connectivity index (χ1) is 7.31. The molecule has 2 aliphatic rings. The molecule has 2 aliphatic carbocycles. The van der Waals surface area contributed by atoms with Gasteiger partial charge in [0, 0.05) is 11.3 Å². The smallest absolute Gasteiger partial charge is 0.0473 e. The number of terminal acetylenes is 1. The van der Waals surface area contributed by atoms with Crippen LogP contribution in [0.15, 0.2) is 48.5 Å². The molecule has 0 aromatic heterocycles. The van der Waals surface area contributed by atoms with Gasteiger partial charge >= 0.3 is 0 Å². The van der Waals surface area contributed by atoms with Crippen molar-refractivity contribution in [2.45, 2.75) is 0 Å². The Balaban J connectivity index is 0.000000121. The fraction of sp³-hybridized carbons (Fsp3) is 0.